The number of carbonyl (C=O) groups excluding carboxylic acids is 3. The quantitative estimate of drug-likeness (QED) is 0.573. The van der Waals surface area contributed by atoms with E-state index in [4.69, 9.17) is 9.47 Å². The largest absolute Gasteiger partial charge is 0.468 e. The lowest BCUT2D eigenvalue weighted by Gasteiger charge is -2.30. The molecule has 7 heteroatoms. The summed E-state index contributed by atoms with van der Waals surface area (Å²) in [5, 5.41) is 0. The Morgan fingerprint density at radius 3 is 2.29 bits per heavy atom. The first-order chi connectivity index (χ1) is 11.1. The van der Waals surface area contributed by atoms with Crippen LogP contribution in [0, 0.1) is 0 Å². The number of rotatable bonds is 4. The van der Waals surface area contributed by atoms with Gasteiger partial charge in [-0.3, -0.25) is 9.69 Å². The van der Waals surface area contributed by atoms with E-state index in [1.54, 1.807) is 16.7 Å². The minimum Gasteiger partial charge on any atom is -0.468 e. The number of Topliss-reactive ketones (excluding diaryl/α,β-unsaturated/α-hetero) is 1. The summed E-state index contributed by atoms with van der Waals surface area (Å²) in [5.41, 5.74) is -0.560. The van der Waals surface area contributed by atoms with Gasteiger partial charge in [0.25, 0.3) is 0 Å². The highest BCUT2D eigenvalue weighted by molar-refractivity contribution is 6.02. The molecule has 0 bridgehead atoms. The number of nitrogens with zero attached hydrogens (tertiary/aromatic N) is 2. The van der Waals surface area contributed by atoms with E-state index < -0.39 is 17.6 Å². The minimum atomic E-state index is -0.897. The van der Waals surface area contributed by atoms with Gasteiger partial charge in [0.05, 0.1) is 7.11 Å². The highest BCUT2D eigenvalue weighted by Gasteiger charge is 2.36. The van der Waals surface area contributed by atoms with Crippen LogP contribution in [0.4, 0.5) is 4.79 Å². The first-order valence-electron chi connectivity index (χ1n) is 8.45. The van der Waals surface area contributed by atoms with Gasteiger partial charge in [-0.1, -0.05) is 6.92 Å². The van der Waals surface area contributed by atoms with Crippen molar-refractivity contribution in [2.45, 2.75) is 65.1 Å². The molecule has 138 valence electrons. The summed E-state index contributed by atoms with van der Waals surface area (Å²) in [6, 6.07) is -0.925. The van der Waals surface area contributed by atoms with Crippen molar-refractivity contribution in [3.63, 3.8) is 0 Å². The smallest absolute Gasteiger partial charge is 0.410 e. The fourth-order valence-corrected chi connectivity index (χ4v) is 2.72. The van der Waals surface area contributed by atoms with E-state index in [0.29, 0.717) is 26.1 Å². The summed E-state index contributed by atoms with van der Waals surface area (Å²) in [7, 11) is 1.28. The van der Waals surface area contributed by atoms with E-state index in [9.17, 15) is 14.4 Å². The Bertz CT molecular complexity index is 456. The van der Waals surface area contributed by atoms with Crippen molar-refractivity contribution in [3.8, 4) is 0 Å². The molecule has 0 aromatic carbocycles. The predicted molar refractivity (Wildman–Crippen MR) is 89.7 cm³/mol. The van der Waals surface area contributed by atoms with E-state index in [1.807, 2.05) is 27.7 Å². The molecule has 0 saturated carbocycles. The number of amides is 1. The SMILES string of the molecule is CCC(=O)C(C(=O)OC)N1CC[C@H](C)N(C(=O)OC(C)(C)C)CC1. The van der Waals surface area contributed by atoms with Crippen LogP contribution in [0.1, 0.15) is 47.5 Å². The molecule has 1 heterocycles. The minimum absolute atomic E-state index is 0.0279. The van der Waals surface area contributed by atoms with Crippen LogP contribution in [0.15, 0.2) is 0 Å². The summed E-state index contributed by atoms with van der Waals surface area (Å²) >= 11 is 0. The van der Waals surface area contributed by atoms with Gasteiger partial charge in [0.1, 0.15) is 5.60 Å². The molecule has 0 spiro atoms. The van der Waals surface area contributed by atoms with Crippen LogP contribution >= 0.6 is 0 Å². The zero-order chi connectivity index (χ0) is 18.5. The molecule has 1 aliphatic heterocycles. The lowest BCUT2D eigenvalue weighted by Crippen LogP contribution is -2.49. The second-order valence-electron chi connectivity index (χ2n) is 7.09. The van der Waals surface area contributed by atoms with Crippen LogP contribution in [0.2, 0.25) is 0 Å². The summed E-state index contributed by atoms with van der Waals surface area (Å²) in [6.45, 7) is 10.5. The van der Waals surface area contributed by atoms with Crippen LogP contribution in [0.25, 0.3) is 0 Å². The molecule has 2 atom stereocenters. The molecule has 0 radical (unpaired) electrons. The predicted octanol–water partition coefficient (Wildman–Crippen LogP) is 1.84. The fourth-order valence-electron chi connectivity index (χ4n) is 2.72. The Kier molecular flexibility index (Phi) is 7.20. The van der Waals surface area contributed by atoms with Gasteiger partial charge in [0.15, 0.2) is 11.8 Å². The van der Waals surface area contributed by atoms with E-state index in [-0.39, 0.29) is 24.3 Å². The zero-order valence-corrected chi connectivity index (χ0v) is 15.6. The first-order valence-corrected chi connectivity index (χ1v) is 8.45. The normalized spacial score (nSPS) is 20.9. The number of hydrogen-bond acceptors (Lipinski definition) is 6. The second kappa shape index (κ2) is 8.46. The number of esters is 1. The molecular formula is C17H30N2O5. The maximum atomic E-state index is 12.4. The Morgan fingerprint density at radius 2 is 1.79 bits per heavy atom. The number of ether oxygens (including phenoxy) is 2. The summed E-state index contributed by atoms with van der Waals surface area (Å²) in [4.78, 5) is 40.0. The van der Waals surface area contributed by atoms with Crippen molar-refractivity contribution < 1.29 is 23.9 Å². The molecule has 0 N–H and O–H groups in total. The van der Waals surface area contributed by atoms with Gasteiger partial charge in [0, 0.05) is 32.1 Å². The molecular weight excluding hydrogens is 312 g/mol. The third-order valence-electron chi connectivity index (χ3n) is 4.07. The lowest BCUT2D eigenvalue weighted by molar-refractivity contribution is -0.151. The van der Waals surface area contributed by atoms with Crippen LogP contribution in [-0.2, 0) is 19.1 Å². The molecule has 1 amide bonds. The molecule has 0 aromatic heterocycles. The monoisotopic (exact) mass is 342 g/mol. The number of ketones is 1. The van der Waals surface area contributed by atoms with Gasteiger partial charge in [-0.05, 0) is 34.1 Å². The third kappa shape index (κ3) is 5.47. The molecule has 24 heavy (non-hydrogen) atoms. The van der Waals surface area contributed by atoms with Crippen molar-refractivity contribution in [2.75, 3.05) is 26.7 Å². The highest BCUT2D eigenvalue weighted by atomic mass is 16.6. The van der Waals surface area contributed by atoms with Gasteiger partial charge in [-0.15, -0.1) is 0 Å². The van der Waals surface area contributed by atoms with Crippen LogP contribution in [-0.4, -0.2) is 72.1 Å². The van der Waals surface area contributed by atoms with Crippen molar-refractivity contribution in [1.29, 1.82) is 0 Å². The molecule has 1 fully saturated rings. The van der Waals surface area contributed by atoms with E-state index in [1.165, 1.54) is 7.11 Å². The molecule has 0 aromatic rings. The maximum Gasteiger partial charge on any atom is 0.410 e. The Labute approximate surface area is 144 Å². The van der Waals surface area contributed by atoms with Crippen molar-refractivity contribution in [1.82, 2.24) is 9.80 Å². The van der Waals surface area contributed by atoms with Gasteiger partial charge >= 0.3 is 12.1 Å². The summed E-state index contributed by atoms with van der Waals surface area (Å²) in [6.07, 6.45) is 0.555. The van der Waals surface area contributed by atoms with Gasteiger partial charge in [-0.25, -0.2) is 9.59 Å². The summed E-state index contributed by atoms with van der Waals surface area (Å²) in [5.74, 6) is -0.708. The molecule has 1 saturated heterocycles. The van der Waals surface area contributed by atoms with Gasteiger partial charge < -0.3 is 14.4 Å². The lowest BCUT2D eigenvalue weighted by atomic mass is 10.1. The molecule has 1 aliphatic rings. The molecule has 1 rings (SSSR count). The van der Waals surface area contributed by atoms with Gasteiger partial charge in [0.2, 0.25) is 0 Å². The third-order valence-corrected chi connectivity index (χ3v) is 4.07. The average molecular weight is 342 g/mol. The fraction of sp³-hybridized carbons (Fsp3) is 0.824. The summed E-state index contributed by atoms with van der Waals surface area (Å²) < 4.78 is 10.2. The first kappa shape index (κ1) is 20.4. The second-order valence-corrected chi connectivity index (χ2v) is 7.09. The van der Waals surface area contributed by atoms with E-state index in [0.717, 1.165) is 0 Å². The Hall–Kier alpha value is -1.63. The molecule has 7 nitrogen and oxygen atoms in total. The standard InChI is InChI=1S/C17H30N2O5/c1-7-13(20)14(15(21)23-6)18-9-8-12(2)19(11-10-18)16(22)24-17(3,4)5/h12,14H,7-11H2,1-6H3/t12-,14?/m0/s1. The van der Waals surface area contributed by atoms with E-state index >= 15 is 0 Å². The molecule has 1 unspecified atom stereocenters. The topological polar surface area (TPSA) is 76.2 Å². The van der Waals surface area contributed by atoms with Crippen molar-refractivity contribution in [2.24, 2.45) is 0 Å². The van der Waals surface area contributed by atoms with Crippen LogP contribution in [0.5, 0.6) is 0 Å². The average Bonchev–Trinajstić information content (AvgIpc) is 2.67. The van der Waals surface area contributed by atoms with Crippen molar-refractivity contribution in [3.05, 3.63) is 0 Å². The Morgan fingerprint density at radius 1 is 1.17 bits per heavy atom. The van der Waals surface area contributed by atoms with Crippen LogP contribution < -0.4 is 0 Å². The van der Waals surface area contributed by atoms with Gasteiger partial charge in [-0.2, -0.15) is 0 Å². The number of hydrogen-bond donors (Lipinski definition) is 0. The zero-order valence-electron chi connectivity index (χ0n) is 15.6. The number of methoxy groups -OCH3 is 1. The number of carbonyl (C=O) groups is 3. The van der Waals surface area contributed by atoms with Crippen LogP contribution in [0.3, 0.4) is 0 Å². The Balaban J connectivity index is 2.86. The van der Waals surface area contributed by atoms with E-state index in [2.05, 4.69) is 0 Å². The van der Waals surface area contributed by atoms with Crippen molar-refractivity contribution >= 4 is 17.8 Å². The maximum absolute atomic E-state index is 12.4. The molecule has 0 aliphatic carbocycles. The highest BCUT2D eigenvalue weighted by Crippen LogP contribution is 2.18.